The number of ether oxygens (including phenoxy) is 1. The number of nitrogens with one attached hydrogen (secondary N) is 1. The highest BCUT2D eigenvalue weighted by Gasteiger charge is 2.23. The number of hydrogen-bond acceptors (Lipinski definition) is 2. The molecular formula is C12H21NO2. The van der Waals surface area contributed by atoms with Crippen molar-refractivity contribution >= 4 is 6.09 Å². The van der Waals surface area contributed by atoms with E-state index in [-0.39, 0.29) is 12.1 Å². The van der Waals surface area contributed by atoms with Crippen molar-refractivity contribution in [1.29, 1.82) is 0 Å². The van der Waals surface area contributed by atoms with Crippen LogP contribution in [0.1, 0.15) is 40.5 Å². The number of carbonyl (C=O) groups is 1. The van der Waals surface area contributed by atoms with Gasteiger partial charge < -0.3 is 10.1 Å². The van der Waals surface area contributed by atoms with E-state index in [1.54, 1.807) is 0 Å². The minimum Gasteiger partial charge on any atom is -0.444 e. The first kappa shape index (κ1) is 12.1. The van der Waals surface area contributed by atoms with Gasteiger partial charge in [0.05, 0.1) is 0 Å². The van der Waals surface area contributed by atoms with Gasteiger partial charge in [-0.15, -0.1) is 0 Å². The minimum atomic E-state index is -0.419. The first-order chi connectivity index (χ1) is 6.88. The molecule has 1 rings (SSSR count). The molecule has 0 bridgehead atoms. The third-order valence-electron chi connectivity index (χ3n) is 2.45. The average Bonchev–Trinajstić information content (AvgIpc) is 2.05. The van der Waals surface area contributed by atoms with Gasteiger partial charge >= 0.3 is 6.09 Å². The monoisotopic (exact) mass is 211 g/mol. The van der Waals surface area contributed by atoms with E-state index in [9.17, 15) is 4.79 Å². The molecular weight excluding hydrogens is 190 g/mol. The van der Waals surface area contributed by atoms with E-state index < -0.39 is 5.60 Å². The van der Waals surface area contributed by atoms with E-state index in [1.165, 1.54) is 0 Å². The number of allylic oxidation sites excluding steroid dienone is 1. The van der Waals surface area contributed by atoms with Gasteiger partial charge in [0.2, 0.25) is 0 Å². The summed E-state index contributed by atoms with van der Waals surface area (Å²) < 4.78 is 5.21. The van der Waals surface area contributed by atoms with Crippen molar-refractivity contribution in [2.24, 2.45) is 5.92 Å². The van der Waals surface area contributed by atoms with Crippen LogP contribution in [0.4, 0.5) is 4.79 Å². The Hall–Kier alpha value is -0.990. The molecule has 0 aromatic heterocycles. The van der Waals surface area contributed by atoms with E-state index in [0.717, 1.165) is 12.8 Å². The van der Waals surface area contributed by atoms with Gasteiger partial charge in [0.15, 0.2) is 0 Å². The summed E-state index contributed by atoms with van der Waals surface area (Å²) in [7, 11) is 0. The van der Waals surface area contributed by atoms with Crippen LogP contribution in [0.25, 0.3) is 0 Å². The van der Waals surface area contributed by atoms with E-state index >= 15 is 0 Å². The van der Waals surface area contributed by atoms with Crippen LogP contribution >= 0.6 is 0 Å². The number of alkyl carbamates (subject to hydrolysis) is 1. The summed E-state index contributed by atoms with van der Waals surface area (Å²) in [4.78, 5) is 11.5. The molecule has 3 heteroatoms. The van der Waals surface area contributed by atoms with Gasteiger partial charge in [-0.1, -0.05) is 19.1 Å². The van der Waals surface area contributed by atoms with Gasteiger partial charge in [-0.25, -0.2) is 4.79 Å². The maximum atomic E-state index is 11.5. The summed E-state index contributed by atoms with van der Waals surface area (Å²) in [5.41, 5.74) is -0.419. The highest BCUT2D eigenvalue weighted by atomic mass is 16.6. The van der Waals surface area contributed by atoms with Crippen molar-refractivity contribution in [2.45, 2.75) is 52.2 Å². The summed E-state index contributed by atoms with van der Waals surface area (Å²) in [6.07, 6.45) is 5.90. The fraction of sp³-hybridized carbons (Fsp3) is 0.750. The number of rotatable bonds is 1. The zero-order valence-electron chi connectivity index (χ0n) is 10.0. The normalized spacial score (nSPS) is 26.1. The van der Waals surface area contributed by atoms with Gasteiger partial charge in [0.25, 0.3) is 0 Å². The predicted octanol–water partition coefficient (Wildman–Crippen LogP) is 2.87. The Morgan fingerprint density at radius 1 is 1.33 bits per heavy atom. The van der Waals surface area contributed by atoms with Crippen molar-refractivity contribution in [2.75, 3.05) is 0 Å². The quantitative estimate of drug-likeness (QED) is 0.677. The smallest absolute Gasteiger partial charge is 0.407 e. The lowest BCUT2D eigenvalue weighted by molar-refractivity contribution is 0.0487. The number of hydrogen-bond donors (Lipinski definition) is 1. The molecule has 2 atom stereocenters. The standard InChI is InChI=1S/C12H21NO2/c1-9-7-5-6-8-10(9)13-11(14)15-12(2,3)4/h5-6,9-10H,7-8H2,1-4H3,(H,13,14)/t9-,10-/m0/s1. The van der Waals surface area contributed by atoms with Crippen LogP contribution in [0.5, 0.6) is 0 Å². The van der Waals surface area contributed by atoms with Gasteiger partial charge in [-0.05, 0) is 39.5 Å². The van der Waals surface area contributed by atoms with Crippen LogP contribution in [-0.4, -0.2) is 17.7 Å². The van der Waals surface area contributed by atoms with E-state index in [0.29, 0.717) is 5.92 Å². The van der Waals surface area contributed by atoms with E-state index in [4.69, 9.17) is 4.74 Å². The summed E-state index contributed by atoms with van der Waals surface area (Å²) in [6.45, 7) is 7.76. The van der Waals surface area contributed by atoms with Crippen molar-refractivity contribution in [1.82, 2.24) is 5.32 Å². The second-order valence-corrected chi connectivity index (χ2v) is 5.17. The maximum absolute atomic E-state index is 11.5. The second kappa shape index (κ2) is 4.69. The summed E-state index contributed by atoms with van der Waals surface area (Å²) in [6, 6.07) is 0.213. The number of carbonyl (C=O) groups excluding carboxylic acids is 1. The van der Waals surface area contributed by atoms with Crippen LogP contribution in [-0.2, 0) is 4.74 Å². The fourth-order valence-corrected chi connectivity index (χ4v) is 1.61. The Morgan fingerprint density at radius 3 is 2.47 bits per heavy atom. The Morgan fingerprint density at radius 2 is 1.93 bits per heavy atom. The summed E-state index contributed by atoms with van der Waals surface area (Å²) in [5, 5.41) is 2.91. The average molecular weight is 211 g/mol. The van der Waals surface area contributed by atoms with Crippen LogP contribution < -0.4 is 5.32 Å². The predicted molar refractivity (Wildman–Crippen MR) is 60.7 cm³/mol. The third-order valence-corrected chi connectivity index (χ3v) is 2.45. The van der Waals surface area contributed by atoms with Crippen molar-refractivity contribution in [3.63, 3.8) is 0 Å². The molecule has 1 aliphatic rings. The third kappa shape index (κ3) is 4.36. The lowest BCUT2D eigenvalue weighted by Crippen LogP contribution is -2.42. The van der Waals surface area contributed by atoms with Gasteiger partial charge in [-0.2, -0.15) is 0 Å². The van der Waals surface area contributed by atoms with Crippen molar-refractivity contribution in [3.8, 4) is 0 Å². The molecule has 0 saturated carbocycles. The minimum absolute atomic E-state index is 0.213. The molecule has 1 amide bonds. The molecule has 0 fully saturated rings. The molecule has 1 N–H and O–H groups in total. The van der Waals surface area contributed by atoms with Crippen molar-refractivity contribution < 1.29 is 9.53 Å². The lowest BCUT2D eigenvalue weighted by Gasteiger charge is -2.28. The van der Waals surface area contributed by atoms with Gasteiger partial charge in [-0.3, -0.25) is 0 Å². The van der Waals surface area contributed by atoms with Gasteiger partial charge in [0, 0.05) is 6.04 Å². The largest absolute Gasteiger partial charge is 0.444 e. The molecule has 15 heavy (non-hydrogen) atoms. The van der Waals surface area contributed by atoms with Gasteiger partial charge in [0.1, 0.15) is 5.60 Å². The SMILES string of the molecule is C[C@H]1CC=CC[C@@H]1NC(=O)OC(C)(C)C. The van der Waals surface area contributed by atoms with Crippen LogP contribution in [0.3, 0.4) is 0 Å². The molecule has 0 radical (unpaired) electrons. The zero-order valence-corrected chi connectivity index (χ0v) is 10.0. The summed E-state index contributed by atoms with van der Waals surface area (Å²) in [5.74, 6) is 0.488. The first-order valence-corrected chi connectivity index (χ1v) is 5.53. The van der Waals surface area contributed by atoms with Crippen LogP contribution in [0, 0.1) is 5.92 Å². The van der Waals surface area contributed by atoms with E-state index in [1.807, 2.05) is 20.8 Å². The molecule has 1 aliphatic carbocycles. The Kier molecular flexibility index (Phi) is 3.77. The molecule has 3 nitrogen and oxygen atoms in total. The molecule has 0 spiro atoms. The van der Waals surface area contributed by atoms with Crippen LogP contribution in [0.2, 0.25) is 0 Å². The first-order valence-electron chi connectivity index (χ1n) is 5.53. The molecule has 0 aromatic rings. The van der Waals surface area contributed by atoms with Crippen molar-refractivity contribution in [3.05, 3.63) is 12.2 Å². The highest BCUT2D eigenvalue weighted by molar-refractivity contribution is 5.68. The molecule has 86 valence electrons. The molecule has 0 aliphatic heterocycles. The molecule has 0 aromatic carbocycles. The Labute approximate surface area is 91.9 Å². The lowest BCUT2D eigenvalue weighted by atomic mass is 9.91. The highest BCUT2D eigenvalue weighted by Crippen LogP contribution is 2.18. The molecule has 0 unspecified atom stereocenters. The Balaban J connectivity index is 2.41. The zero-order chi connectivity index (χ0) is 11.5. The van der Waals surface area contributed by atoms with Crippen LogP contribution in [0.15, 0.2) is 12.2 Å². The second-order valence-electron chi connectivity index (χ2n) is 5.17. The fourth-order valence-electron chi connectivity index (χ4n) is 1.61. The summed E-state index contributed by atoms with van der Waals surface area (Å²) >= 11 is 0. The number of amides is 1. The maximum Gasteiger partial charge on any atom is 0.407 e. The molecule has 0 heterocycles. The van der Waals surface area contributed by atoms with E-state index in [2.05, 4.69) is 24.4 Å². The molecule has 0 saturated heterocycles. The Bertz CT molecular complexity index is 253. The topological polar surface area (TPSA) is 38.3 Å².